The average molecular weight is 278 g/mol. The van der Waals surface area contributed by atoms with E-state index < -0.39 is 11.9 Å². The van der Waals surface area contributed by atoms with Gasteiger partial charge in [0, 0.05) is 5.92 Å². The molecule has 4 heteroatoms. The SMILES string of the molecule is CCOC(=O)C(Cc1cccc(F)c1)C(=O)C1CCC1. The maximum atomic E-state index is 13.2. The van der Waals surface area contributed by atoms with E-state index >= 15 is 0 Å². The van der Waals surface area contributed by atoms with Gasteiger partial charge in [0.25, 0.3) is 0 Å². The molecule has 108 valence electrons. The number of hydrogen-bond acceptors (Lipinski definition) is 3. The Balaban J connectivity index is 2.13. The number of Topliss-reactive ketones (excluding diaryl/α,β-unsaturated/α-hetero) is 1. The van der Waals surface area contributed by atoms with E-state index in [9.17, 15) is 14.0 Å². The molecule has 1 aromatic carbocycles. The number of benzene rings is 1. The molecule has 1 unspecified atom stereocenters. The molecular formula is C16H19FO3. The topological polar surface area (TPSA) is 43.4 Å². The van der Waals surface area contributed by atoms with Gasteiger partial charge in [0.05, 0.1) is 6.61 Å². The molecule has 1 aliphatic rings. The van der Waals surface area contributed by atoms with Gasteiger partial charge in [-0.25, -0.2) is 4.39 Å². The molecule has 0 bridgehead atoms. The van der Waals surface area contributed by atoms with Crippen LogP contribution in [0, 0.1) is 17.7 Å². The highest BCUT2D eigenvalue weighted by Crippen LogP contribution is 2.31. The Morgan fingerprint density at radius 1 is 1.40 bits per heavy atom. The van der Waals surface area contributed by atoms with Gasteiger partial charge in [0.15, 0.2) is 5.78 Å². The van der Waals surface area contributed by atoms with E-state index in [1.807, 2.05) is 0 Å². The highest BCUT2D eigenvalue weighted by atomic mass is 19.1. The molecule has 0 saturated heterocycles. The molecular weight excluding hydrogens is 259 g/mol. The third-order valence-corrected chi connectivity index (χ3v) is 3.75. The number of esters is 1. The summed E-state index contributed by atoms with van der Waals surface area (Å²) in [6, 6.07) is 6.01. The summed E-state index contributed by atoms with van der Waals surface area (Å²) in [7, 11) is 0. The van der Waals surface area contributed by atoms with Crippen LogP contribution in [0.3, 0.4) is 0 Å². The van der Waals surface area contributed by atoms with E-state index in [0.29, 0.717) is 5.56 Å². The van der Waals surface area contributed by atoms with Gasteiger partial charge in [-0.1, -0.05) is 18.6 Å². The second kappa shape index (κ2) is 6.64. The van der Waals surface area contributed by atoms with Crippen molar-refractivity contribution in [2.24, 2.45) is 11.8 Å². The number of ether oxygens (including phenoxy) is 1. The van der Waals surface area contributed by atoms with Crippen LogP contribution in [0.4, 0.5) is 4.39 Å². The predicted molar refractivity (Wildman–Crippen MR) is 72.6 cm³/mol. The summed E-state index contributed by atoms with van der Waals surface area (Å²) < 4.78 is 18.2. The van der Waals surface area contributed by atoms with Crippen LogP contribution in [0.2, 0.25) is 0 Å². The number of carbonyl (C=O) groups excluding carboxylic acids is 2. The zero-order chi connectivity index (χ0) is 14.5. The molecule has 0 spiro atoms. The number of rotatable bonds is 6. The van der Waals surface area contributed by atoms with Crippen molar-refractivity contribution in [1.82, 2.24) is 0 Å². The fourth-order valence-corrected chi connectivity index (χ4v) is 2.42. The van der Waals surface area contributed by atoms with Crippen LogP contribution in [-0.2, 0) is 20.7 Å². The molecule has 3 nitrogen and oxygen atoms in total. The maximum absolute atomic E-state index is 13.2. The van der Waals surface area contributed by atoms with Gasteiger partial charge in [-0.2, -0.15) is 0 Å². The Morgan fingerprint density at radius 2 is 2.15 bits per heavy atom. The molecule has 0 N–H and O–H groups in total. The van der Waals surface area contributed by atoms with Crippen molar-refractivity contribution in [3.8, 4) is 0 Å². The molecule has 0 amide bonds. The van der Waals surface area contributed by atoms with Crippen LogP contribution in [0.15, 0.2) is 24.3 Å². The van der Waals surface area contributed by atoms with E-state index in [2.05, 4.69) is 0 Å². The monoisotopic (exact) mass is 278 g/mol. The fraction of sp³-hybridized carbons (Fsp3) is 0.500. The minimum absolute atomic E-state index is 0.0297. The van der Waals surface area contributed by atoms with Crippen molar-refractivity contribution < 1.29 is 18.7 Å². The van der Waals surface area contributed by atoms with Crippen LogP contribution >= 0.6 is 0 Å². The molecule has 1 fully saturated rings. The first-order valence-corrected chi connectivity index (χ1v) is 7.06. The van der Waals surface area contributed by atoms with E-state index in [0.717, 1.165) is 19.3 Å². The lowest BCUT2D eigenvalue weighted by Gasteiger charge is -2.27. The fourth-order valence-electron chi connectivity index (χ4n) is 2.42. The van der Waals surface area contributed by atoms with Crippen molar-refractivity contribution in [2.45, 2.75) is 32.6 Å². The minimum atomic E-state index is -0.804. The van der Waals surface area contributed by atoms with Crippen molar-refractivity contribution >= 4 is 11.8 Å². The molecule has 1 aromatic rings. The van der Waals surface area contributed by atoms with Crippen LogP contribution in [0.1, 0.15) is 31.7 Å². The molecule has 1 aliphatic carbocycles. The summed E-state index contributed by atoms with van der Waals surface area (Å²) >= 11 is 0. The van der Waals surface area contributed by atoms with Gasteiger partial charge in [-0.05, 0) is 43.9 Å². The Hall–Kier alpha value is -1.71. The maximum Gasteiger partial charge on any atom is 0.316 e. The molecule has 20 heavy (non-hydrogen) atoms. The molecule has 0 radical (unpaired) electrons. The number of carbonyl (C=O) groups is 2. The van der Waals surface area contributed by atoms with Crippen LogP contribution in [0.25, 0.3) is 0 Å². The number of hydrogen-bond donors (Lipinski definition) is 0. The van der Waals surface area contributed by atoms with Crippen molar-refractivity contribution in [1.29, 1.82) is 0 Å². The van der Waals surface area contributed by atoms with Crippen molar-refractivity contribution in [2.75, 3.05) is 6.61 Å². The third-order valence-electron chi connectivity index (χ3n) is 3.75. The quantitative estimate of drug-likeness (QED) is 0.593. The summed E-state index contributed by atoms with van der Waals surface area (Å²) in [6.07, 6.45) is 2.94. The largest absolute Gasteiger partial charge is 0.465 e. The summed E-state index contributed by atoms with van der Waals surface area (Å²) in [6.45, 7) is 1.96. The molecule has 0 aliphatic heterocycles. The first kappa shape index (κ1) is 14.7. The Morgan fingerprint density at radius 3 is 2.70 bits per heavy atom. The summed E-state index contributed by atoms with van der Waals surface area (Å²) in [4.78, 5) is 24.3. The van der Waals surface area contributed by atoms with Crippen molar-refractivity contribution in [3.05, 3.63) is 35.6 Å². The third kappa shape index (κ3) is 3.44. The second-order valence-electron chi connectivity index (χ2n) is 5.17. The number of halogens is 1. The van der Waals surface area contributed by atoms with E-state index in [4.69, 9.17) is 4.74 Å². The Kier molecular flexibility index (Phi) is 4.88. The van der Waals surface area contributed by atoms with Crippen LogP contribution in [0.5, 0.6) is 0 Å². The lowest BCUT2D eigenvalue weighted by molar-refractivity contribution is -0.153. The summed E-state index contributed by atoms with van der Waals surface area (Å²) in [5.74, 6) is -1.74. The van der Waals surface area contributed by atoms with E-state index in [1.165, 1.54) is 12.1 Å². The Labute approximate surface area is 118 Å². The lowest BCUT2D eigenvalue weighted by atomic mass is 9.76. The zero-order valence-electron chi connectivity index (χ0n) is 11.6. The molecule has 1 atom stereocenters. The van der Waals surface area contributed by atoms with E-state index in [1.54, 1.807) is 19.1 Å². The molecule has 0 aromatic heterocycles. The van der Waals surface area contributed by atoms with Gasteiger partial charge in [0.1, 0.15) is 11.7 Å². The summed E-state index contributed by atoms with van der Waals surface area (Å²) in [5, 5.41) is 0. The molecule has 1 saturated carbocycles. The van der Waals surface area contributed by atoms with Gasteiger partial charge in [-0.15, -0.1) is 0 Å². The highest BCUT2D eigenvalue weighted by Gasteiger charge is 2.36. The summed E-state index contributed by atoms with van der Waals surface area (Å²) in [5.41, 5.74) is 0.649. The van der Waals surface area contributed by atoms with Crippen LogP contribution < -0.4 is 0 Å². The predicted octanol–water partition coefficient (Wildman–Crippen LogP) is 2.92. The number of ketones is 1. The standard InChI is InChI=1S/C16H19FO3/c1-2-20-16(19)14(15(18)12-6-4-7-12)10-11-5-3-8-13(17)9-11/h3,5,8-9,12,14H,2,4,6-7,10H2,1H3. The van der Waals surface area contributed by atoms with Gasteiger partial charge in [0.2, 0.25) is 0 Å². The smallest absolute Gasteiger partial charge is 0.316 e. The average Bonchev–Trinajstić information content (AvgIpc) is 2.34. The van der Waals surface area contributed by atoms with E-state index in [-0.39, 0.29) is 30.5 Å². The first-order chi connectivity index (χ1) is 9.61. The Bertz CT molecular complexity index is 494. The molecule has 2 rings (SSSR count). The van der Waals surface area contributed by atoms with Gasteiger partial charge < -0.3 is 4.74 Å². The highest BCUT2D eigenvalue weighted by molar-refractivity contribution is 6.00. The van der Waals surface area contributed by atoms with Gasteiger partial charge in [-0.3, -0.25) is 9.59 Å². The normalized spacial score (nSPS) is 16.3. The molecule has 0 heterocycles. The minimum Gasteiger partial charge on any atom is -0.465 e. The zero-order valence-corrected chi connectivity index (χ0v) is 11.6. The lowest BCUT2D eigenvalue weighted by Crippen LogP contribution is -2.35. The second-order valence-corrected chi connectivity index (χ2v) is 5.17. The van der Waals surface area contributed by atoms with Crippen molar-refractivity contribution in [3.63, 3.8) is 0 Å². The first-order valence-electron chi connectivity index (χ1n) is 7.06. The van der Waals surface area contributed by atoms with Gasteiger partial charge >= 0.3 is 5.97 Å². The van der Waals surface area contributed by atoms with Crippen LogP contribution in [-0.4, -0.2) is 18.4 Å².